The summed E-state index contributed by atoms with van der Waals surface area (Å²) < 4.78 is 18.4. The highest BCUT2D eigenvalue weighted by Crippen LogP contribution is 1.55. The maximum absolute atomic E-state index is 9.19. The molecule has 0 aliphatic carbocycles. The van der Waals surface area contributed by atoms with Crippen LogP contribution < -0.4 is 10.3 Å². The molecule has 0 spiro atoms. The molecule has 58 valence electrons. The molecule has 0 aromatic carbocycles. The molecule has 0 aliphatic rings. The van der Waals surface area contributed by atoms with E-state index in [0.29, 0.717) is 0 Å². The number of hydrogen-bond donors (Lipinski definition) is 3. The van der Waals surface area contributed by atoms with Crippen molar-refractivity contribution in [2.45, 2.75) is 0 Å². The first-order valence-corrected chi connectivity index (χ1v) is 3.72. The lowest BCUT2D eigenvalue weighted by Crippen LogP contribution is -2.21. The predicted molar refractivity (Wildman–Crippen MR) is 33.7 cm³/mol. The van der Waals surface area contributed by atoms with Crippen LogP contribution in [0.5, 0.6) is 0 Å². The lowest BCUT2D eigenvalue weighted by atomic mass is 11.0. The van der Waals surface area contributed by atoms with E-state index in [1.54, 1.807) is 12.4 Å². The standard InChI is InChI=1S/C2H3N3.H4N2O2S/c1-2-4-5-3-1;1-5(2,3)4/h1-2H,(H,3,4,5);(H4,1,2,3,4). The molecule has 0 saturated heterocycles. The second-order valence-corrected chi connectivity index (χ2v) is 2.43. The molecule has 5 N–H and O–H groups in total. The van der Waals surface area contributed by atoms with E-state index >= 15 is 0 Å². The molecular weight excluding hydrogens is 158 g/mol. The normalized spacial score (nSPS) is 9.80. The molecule has 1 aromatic heterocycles. The average Bonchev–Trinajstić information content (AvgIpc) is 2.07. The molecule has 0 amide bonds. The summed E-state index contributed by atoms with van der Waals surface area (Å²) in [7, 11) is -3.67. The fraction of sp³-hybridized carbons (Fsp3) is 0. The third-order valence-corrected chi connectivity index (χ3v) is 0.331. The van der Waals surface area contributed by atoms with Gasteiger partial charge in [-0.2, -0.15) is 8.42 Å². The van der Waals surface area contributed by atoms with Gasteiger partial charge >= 0.3 is 0 Å². The Balaban J connectivity index is 0.000000162. The first-order valence-electron chi connectivity index (χ1n) is 2.11. The van der Waals surface area contributed by atoms with Gasteiger partial charge in [-0.15, -0.1) is 5.10 Å². The number of aromatic amines is 1. The van der Waals surface area contributed by atoms with Crippen molar-refractivity contribution in [3.63, 3.8) is 0 Å². The van der Waals surface area contributed by atoms with Gasteiger partial charge in [0.05, 0.1) is 6.20 Å². The quantitative estimate of drug-likeness (QED) is 0.408. The molecular formula is C2H7N5O2S. The van der Waals surface area contributed by atoms with Gasteiger partial charge in [0, 0.05) is 6.20 Å². The number of rotatable bonds is 0. The van der Waals surface area contributed by atoms with E-state index in [2.05, 4.69) is 25.7 Å². The average molecular weight is 165 g/mol. The van der Waals surface area contributed by atoms with Crippen molar-refractivity contribution in [1.29, 1.82) is 0 Å². The molecule has 0 atom stereocenters. The summed E-state index contributed by atoms with van der Waals surface area (Å²) in [4.78, 5) is 0. The first-order chi connectivity index (χ1) is 4.50. The lowest BCUT2D eigenvalue weighted by Gasteiger charge is -1.72. The SMILES string of the molecule is NS(N)(=O)=O.c1c[nH]nn1. The van der Waals surface area contributed by atoms with Crippen molar-refractivity contribution in [1.82, 2.24) is 15.4 Å². The Hall–Kier alpha value is -0.990. The minimum atomic E-state index is -3.67. The Labute approximate surface area is 57.6 Å². The highest BCUT2D eigenvalue weighted by molar-refractivity contribution is 7.86. The van der Waals surface area contributed by atoms with E-state index in [9.17, 15) is 8.42 Å². The molecule has 0 fully saturated rings. The van der Waals surface area contributed by atoms with Crippen LogP contribution >= 0.6 is 0 Å². The summed E-state index contributed by atoms with van der Waals surface area (Å²) >= 11 is 0. The zero-order valence-corrected chi connectivity index (χ0v) is 5.75. The van der Waals surface area contributed by atoms with Crippen molar-refractivity contribution < 1.29 is 8.42 Å². The fourth-order valence-electron chi connectivity index (χ4n) is 0.167. The number of hydrogen-bond acceptors (Lipinski definition) is 4. The molecule has 1 aromatic rings. The van der Waals surface area contributed by atoms with E-state index in [4.69, 9.17) is 0 Å². The Bertz CT molecular complexity index is 213. The number of nitrogens with one attached hydrogen (secondary N) is 1. The Morgan fingerprint density at radius 3 is 2.00 bits per heavy atom. The Morgan fingerprint density at radius 1 is 1.40 bits per heavy atom. The zero-order valence-electron chi connectivity index (χ0n) is 4.93. The number of nitrogens with two attached hydrogens (primary N) is 2. The monoisotopic (exact) mass is 165 g/mol. The van der Waals surface area contributed by atoms with Gasteiger partial charge in [0.25, 0.3) is 10.2 Å². The highest BCUT2D eigenvalue weighted by atomic mass is 32.2. The fourth-order valence-corrected chi connectivity index (χ4v) is 0.167. The summed E-state index contributed by atoms with van der Waals surface area (Å²) in [5.41, 5.74) is 0. The highest BCUT2D eigenvalue weighted by Gasteiger charge is 1.78. The maximum atomic E-state index is 9.19. The zero-order chi connectivity index (χ0) is 8.04. The molecule has 7 nitrogen and oxygen atoms in total. The van der Waals surface area contributed by atoms with Crippen LogP contribution in [0.2, 0.25) is 0 Å². The van der Waals surface area contributed by atoms with Crippen LogP contribution in [0.4, 0.5) is 0 Å². The summed E-state index contributed by atoms with van der Waals surface area (Å²) in [5, 5.41) is 17.5. The molecule has 10 heavy (non-hydrogen) atoms. The van der Waals surface area contributed by atoms with Crippen LogP contribution in [0, 0.1) is 0 Å². The van der Waals surface area contributed by atoms with Gasteiger partial charge < -0.3 is 0 Å². The maximum Gasteiger partial charge on any atom is 0.271 e. The van der Waals surface area contributed by atoms with Crippen LogP contribution in [0.25, 0.3) is 0 Å². The van der Waals surface area contributed by atoms with Gasteiger partial charge in [-0.05, 0) is 0 Å². The summed E-state index contributed by atoms with van der Waals surface area (Å²) in [5.74, 6) is 0. The van der Waals surface area contributed by atoms with Crippen molar-refractivity contribution >= 4 is 10.2 Å². The van der Waals surface area contributed by atoms with Crippen molar-refractivity contribution in [3.8, 4) is 0 Å². The van der Waals surface area contributed by atoms with Crippen molar-refractivity contribution in [3.05, 3.63) is 12.4 Å². The van der Waals surface area contributed by atoms with Crippen LogP contribution in [0.3, 0.4) is 0 Å². The van der Waals surface area contributed by atoms with Crippen molar-refractivity contribution in [2.24, 2.45) is 10.3 Å². The van der Waals surface area contributed by atoms with Gasteiger partial charge in [0.1, 0.15) is 0 Å². The van der Waals surface area contributed by atoms with Gasteiger partial charge in [-0.1, -0.05) is 5.21 Å². The van der Waals surface area contributed by atoms with Gasteiger partial charge in [-0.3, -0.25) is 5.10 Å². The second kappa shape index (κ2) is 3.93. The van der Waals surface area contributed by atoms with Gasteiger partial charge in [-0.25, -0.2) is 10.3 Å². The summed E-state index contributed by atoms with van der Waals surface area (Å²) in [6, 6.07) is 0. The third-order valence-electron chi connectivity index (χ3n) is 0.331. The van der Waals surface area contributed by atoms with E-state index < -0.39 is 10.2 Å². The summed E-state index contributed by atoms with van der Waals surface area (Å²) in [6.45, 7) is 0. The predicted octanol–water partition coefficient (Wildman–Crippen LogP) is -2.05. The van der Waals surface area contributed by atoms with Crippen LogP contribution in [0.15, 0.2) is 12.4 Å². The van der Waals surface area contributed by atoms with Gasteiger partial charge in [0.15, 0.2) is 0 Å². The topological polar surface area (TPSA) is 128 Å². The Kier molecular flexibility index (Phi) is 3.54. The van der Waals surface area contributed by atoms with Crippen molar-refractivity contribution in [2.75, 3.05) is 0 Å². The minimum absolute atomic E-state index is 1.58. The first kappa shape index (κ1) is 9.01. The summed E-state index contributed by atoms with van der Waals surface area (Å²) in [6.07, 6.45) is 3.24. The largest absolute Gasteiger partial charge is 0.271 e. The number of aromatic nitrogens is 3. The lowest BCUT2D eigenvalue weighted by molar-refractivity contribution is 0.599. The van der Waals surface area contributed by atoms with Crippen LogP contribution in [-0.2, 0) is 10.2 Å². The van der Waals surface area contributed by atoms with Crippen LogP contribution in [0.1, 0.15) is 0 Å². The molecule has 0 unspecified atom stereocenters. The van der Waals surface area contributed by atoms with Crippen LogP contribution in [-0.4, -0.2) is 23.8 Å². The van der Waals surface area contributed by atoms with E-state index in [-0.39, 0.29) is 0 Å². The molecule has 0 saturated carbocycles. The number of H-pyrrole nitrogens is 1. The van der Waals surface area contributed by atoms with Gasteiger partial charge in [0.2, 0.25) is 0 Å². The molecule has 0 aliphatic heterocycles. The Morgan fingerprint density at radius 2 is 1.90 bits per heavy atom. The molecule has 1 rings (SSSR count). The van der Waals surface area contributed by atoms with E-state index in [1.807, 2.05) is 0 Å². The molecule has 1 heterocycles. The van der Waals surface area contributed by atoms with E-state index in [0.717, 1.165) is 0 Å². The smallest absolute Gasteiger partial charge is 0.266 e. The molecule has 0 bridgehead atoms. The van der Waals surface area contributed by atoms with E-state index in [1.165, 1.54) is 0 Å². The second-order valence-electron chi connectivity index (χ2n) is 1.25. The molecule has 8 heteroatoms. The number of nitrogens with zero attached hydrogens (tertiary/aromatic N) is 2. The minimum Gasteiger partial charge on any atom is -0.266 e. The molecule has 0 radical (unpaired) electrons. The third kappa shape index (κ3) is 15.7.